The van der Waals surface area contributed by atoms with Gasteiger partial charge in [0.2, 0.25) is 5.91 Å². The quantitative estimate of drug-likeness (QED) is 0.520. The minimum atomic E-state index is 0.0371. The third-order valence-corrected chi connectivity index (χ3v) is 2.59. The highest BCUT2D eigenvalue weighted by molar-refractivity contribution is 5.75. The molecule has 1 amide bonds. The van der Waals surface area contributed by atoms with Crippen LogP contribution in [-0.2, 0) is 4.79 Å². The second-order valence-electron chi connectivity index (χ2n) is 4.95. The molecule has 0 aliphatic carbocycles. The molecular formula is C12H25NO3. The standard InChI is InChI=1S/C12H25NO3/c1-12(2,7-5-9-15)10-13-11(16)6-3-4-8-14/h14-15H,3-10H2,1-2H3,(H,13,16). The van der Waals surface area contributed by atoms with E-state index in [1.165, 1.54) is 0 Å². The number of unbranched alkanes of at least 4 members (excludes halogenated alkanes) is 1. The summed E-state index contributed by atoms with van der Waals surface area (Å²) in [5.41, 5.74) is 0.0371. The summed E-state index contributed by atoms with van der Waals surface area (Å²) >= 11 is 0. The van der Waals surface area contributed by atoms with Crippen molar-refractivity contribution in [3.8, 4) is 0 Å². The Balaban J connectivity index is 3.64. The number of carbonyl (C=O) groups is 1. The topological polar surface area (TPSA) is 69.6 Å². The zero-order chi connectivity index (χ0) is 12.4. The number of rotatable bonds is 9. The molecule has 16 heavy (non-hydrogen) atoms. The molecule has 0 aliphatic heterocycles. The highest BCUT2D eigenvalue weighted by atomic mass is 16.3. The van der Waals surface area contributed by atoms with E-state index >= 15 is 0 Å². The summed E-state index contributed by atoms with van der Waals surface area (Å²) in [5.74, 6) is 0.0468. The van der Waals surface area contributed by atoms with Crippen molar-refractivity contribution in [3.63, 3.8) is 0 Å². The van der Waals surface area contributed by atoms with Crippen LogP contribution in [0.3, 0.4) is 0 Å². The van der Waals surface area contributed by atoms with Crippen LogP contribution in [0.25, 0.3) is 0 Å². The third kappa shape index (κ3) is 8.68. The van der Waals surface area contributed by atoms with Crippen molar-refractivity contribution in [3.05, 3.63) is 0 Å². The molecule has 4 nitrogen and oxygen atoms in total. The third-order valence-electron chi connectivity index (χ3n) is 2.59. The molecule has 4 heteroatoms. The van der Waals surface area contributed by atoms with Crippen LogP contribution in [0.15, 0.2) is 0 Å². The Bertz CT molecular complexity index is 193. The number of aliphatic hydroxyl groups excluding tert-OH is 2. The van der Waals surface area contributed by atoms with Gasteiger partial charge in [-0.1, -0.05) is 13.8 Å². The monoisotopic (exact) mass is 231 g/mol. The fraction of sp³-hybridized carbons (Fsp3) is 0.917. The molecule has 0 aromatic rings. The zero-order valence-corrected chi connectivity index (χ0v) is 10.5. The van der Waals surface area contributed by atoms with Crippen LogP contribution in [-0.4, -0.2) is 35.9 Å². The Morgan fingerprint density at radius 3 is 2.31 bits per heavy atom. The van der Waals surface area contributed by atoms with Gasteiger partial charge in [-0.25, -0.2) is 0 Å². The molecule has 0 rings (SSSR count). The highest BCUT2D eigenvalue weighted by Crippen LogP contribution is 2.20. The van der Waals surface area contributed by atoms with Crippen molar-refractivity contribution in [2.75, 3.05) is 19.8 Å². The molecule has 0 saturated heterocycles. The van der Waals surface area contributed by atoms with Crippen LogP contribution < -0.4 is 5.32 Å². The maximum Gasteiger partial charge on any atom is 0.220 e. The molecule has 0 unspecified atom stereocenters. The average Bonchev–Trinajstić information content (AvgIpc) is 2.24. The SMILES string of the molecule is CC(C)(CCCO)CNC(=O)CCCCO. The van der Waals surface area contributed by atoms with Crippen molar-refractivity contribution < 1.29 is 15.0 Å². The van der Waals surface area contributed by atoms with E-state index in [0.717, 1.165) is 19.3 Å². The first-order valence-electron chi connectivity index (χ1n) is 6.00. The Morgan fingerprint density at radius 2 is 1.75 bits per heavy atom. The second-order valence-corrected chi connectivity index (χ2v) is 4.95. The van der Waals surface area contributed by atoms with E-state index in [0.29, 0.717) is 19.4 Å². The summed E-state index contributed by atoms with van der Waals surface area (Å²) in [5, 5.41) is 20.2. The second kappa shape index (κ2) is 8.53. The van der Waals surface area contributed by atoms with E-state index in [1.54, 1.807) is 0 Å². The molecule has 0 bridgehead atoms. The summed E-state index contributed by atoms with van der Waals surface area (Å²) < 4.78 is 0. The van der Waals surface area contributed by atoms with Crippen LogP contribution in [0, 0.1) is 5.41 Å². The molecule has 0 fully saturated rings. The summed E-state index contributed by atoms with van der Waals surface area (Å²) in [7, 11) is 0. The van der Waals surface area contributed by atoms with Crippen molar-refractivity contribution in [1.82, 2.24) is 5.32 Å². The molecule has 0 aromatic heterocycles. The Morgan fingerprint density at radius 1 is 1.12 bits per heavy atom. The molecule has 0 aromatic carbocycles. The smallest absolute Gasteiger partial charge is 0.220 e. The van der Waals surface area contributed by atoms with Crippen molar-refractivity contribution in [1.29, 1.82) is 0 Å². The number of carbonyl (C=O) groups excluding carboxylic acids is 1. The molecule has 0 spiro atoms. The van der Waals surface area contributed by atoms with Gasteiger partial charge in [0.15, 0.2) is 0 Å². The van der Waals surface area contributed by atoms with Gasteiger partial charge in [0, 0.05) is 26.2 Å². The molecule has 3 N–H and O–H groups in total. The average molecular weight is 231 g/mol. The summed E-state index contributed by atoms with van der Waals surface area (Å²) in [4.78, 5) is 11.4. The van der Waals surface area contributed by atoms with Crippen molar-refractivity contribution in [2.24, 2.45) is 5.41 Å². The fourth-order valence-corrected chi connectivity index (χ4v) is 1.47. The first kappa shape index (κ1) is 15.4. The lowest BCUT2D eigenvalue weighted by Gasteiger charge is -2.24. The van der Waals surface area contributed by atoms with Gasteiger partial charge in [-0.2, -0.15) is 0 Å². The fourth-order valence-electron chi connectivity index (χ4n) is 1.47. The lowest BCUT2D eigenvalue weighted by atomic mass is 9.88. The van der Waals surface area contributed by atoms with Gasteiger partial charge in [-0.15, -0.1) is 0 Å². The summed E-state index contributed by atoms with van der Waals surface area (Å²) in [6.45, 7) is 5.15. The van der Waals surface area contributed by atoms with Crippen LogP contribution in [0.2, 0.25) is 0 Å². The molecule has 0 radical (unpaired) electrons. The Labute approximate surface area is 98.1 Å². The maximum atomic E-state index is 11.4. The van der Waals surface area contributed by atoms with Gasteiger partial charge in [-0.05, 0) is 31.1 Å². The molecule has 0 atom stereocenters. The van der Waals surface area contributed by atoms with Gasteiger partial charge in [0.1, 0.15) is 0 Å². The van der Waals surface area contributed by atoms with E-state index in [-0.39, 0.29) is 24.5 Å². The number of hydrogen-bond donors (Lipinski definition) is 3. The molecular weight excluding hydrogens is 206 g/mol. The predicted molar refractivity (Wildman–Crippen MR) is 64.0 cm³/mol. The maximum absolute atomic E-state index is 11.4. The van der Waals surface area contributed by atoms with E-state index in [2.05, 4.69) is 19.2 Å². The molecule has 0 aliphatic rings. The Hall–Kier alpha value is -0.610. The number of hydrogen-bond acceptors (Lipinski definition) is 3. The first-order chi connectivity index (χ1) is 7.52. The van der Waals surface area contributed by atoms with Crippen LogP contribution in [0.4, 0.5) is 0 Å². The van der Waals surface area contributed by atoms with Crippen LogP contribution in [0.1, 0.15) is 46.0 Å². The number of aliphatic hydroxyl groups is 2. The lowest BCUT2D eigenvalue weighted by Crippen LogP contribution is -2.34. The van der Waals surface area contributed by atoms with Crippen LogP contribution >= 0.6 is 0 Å². The van der Waals surface area contributed by atoms with Gasteiger partial charge < -0.3 is 15.5 Å². The first-order valence-corrected chi connectivity index (χ1v) is 6.00. The molecule has 0 saturated carbocycles. The number of amides is 1. The van der Waals surface area contributed by atoms with Crippen LogP contribution in [0.5, 0.6) is 0 Å². The molecule has 0 heterocycles. The lowest BCUT2D eigenvalue weighted by molar-refractivity contribution is -0.121. The number of nitrogens with one attached hydrogen (secondary N) is 1. The van der Waals surface area contributed by atoms with E-state index in [4.69, 9.17) is 10.2 Å². The van der Waals surface area contributed by atoms with E-state index < -0.39 is 0 Å². The van der Waals surface area contributed by atoms with E-state index in [9.17, 15) is 4.79 Å². The Kier molecular flexibility index (Phi) is 8.21. The van der Waals surface area contributed by atoms with E-state index in [1.807, 2.05) is 0 Å². The van der Waals surface area contributed by atoms with Crippen molar-refractivity contribution in [2.45, 2.75) is 46.0 Å². The minimum absolute atomic E-state index is 0.0371. The molecule has 96 valence electrons. The normalized spacial score (nSPS) is 11.5. The highest BCUT2D eigenvalue weighted by Gasteiger charge is 2.17. The zero-order valence-electron chi connectivity index (χ0n) is 10.5. The van der Waals surface area contributed by atoms with Gasteiger partial charge in [0.25, 0.3) is 0 Å². The summed E-state index contributed by atoms with van der Waals surface area (Å²) in [6, 6.07) is 0. The van der Waals surface area contributed by atoms with Crippen molar-refractivity contribution >= 4 is 5.91 Å². The minimum Gasteiger partial charge on any atom is -0.396 e. The van der Waals surface area contributed by atoms with Gasteiger partial charge in [0.05, 0.1) is 0 Å². The predicted octanol–water partition coefficient (Wildman–Crippen LogP) is 1.06. The van der Waals surface area contributed by atoms with Gasteiger partial charge in [-0.3, -0.25) is 4.79 Å². The largest absolute Gasteiger partial charge is 0.396 e. The van der Waals surface area contributed by atoms with Gasteiger partial charge >= 0.3 is 0 Å². The summed E-state index contributed by atoms with van der Waals surface area (Å²) in [6.07, 6.45) is 3.57.